The van der Waals surface area contributed by atoms with Crippen LogP contribution >= 0.6 is 0 Å². The van der Waals surface area contributed by atoms with Gasteiger partial charge in [0, 0.05) is 31.1 Å². The van der Waals surface area contributed by atoms with Gasteiger partial charge in [-0.05, 0) is 25.5 Å². The van der Waals surface area contributed by atoms with Crippen molar-refractivity contribution in [3.05, 3.63) is 35.1 Å². The van der Waals surface area contributed by atoms with Crippen molar-refractivity contribution < 1.29 is 28.8 Å². The normalized spacial score (nSPS) is 20.4. The molecule has 2 aliphatic heterocycles. The maximum atomic E-state index is 12.7. The highest BCUT2D eigenvalue weighted by Gasteiger charge is 2.30. The lowest BCUT2D eigenvalue weighted by Crippen LogP contribution is -2.37. The van der Waals surface area contributed by atoms with E-state index in [4.69, 9.17) is 18.9 Å². The average Bonchev–Trinajstić information content (AvgIpc) is 3.09. The number of aliphatic hydroxyl groups is 1. The molecule has 1 aromatic rings. The van der Waals surface area contributed by atoms with Gasteiger partial charge in [-0.15, -0.1) is 0 Å². The van der Waals surface area contributed by atoms with Crippen LogP contribution in [-0.2, 0) is 20.7 Å². The highest BCUT2D eigenvalue weighted by molar-refractivity contribution is 5.98. The number of morpholine rings is 1. The van der Waals surface area contributed by atoms with E-state index >= 15 is 0 Å². The Bertz CT molecular complexity index is 711. The summed E-state index contributed by atoms with van der Waals surface area (Å²) in [5.41, 5.74) is 1.12. The first-order valence-electron chi connectivity index (χ1n) is 9.70. The van der Waals surface area contributed by atoms with Crippen LogP contribution in [-0.4, -0.2) is 75.6 Å². The molecular formula is C21H29NO6. The van der Waals surface area contributed by atoms with Crippen molar-refractivity contribution in [1.82, 2.24) is 4.90 Å². The quantitative estimate of drug-likeness (QED) is 0.691. The summed E-state index contributed by atoms with van der Waals surface area (Å²) in [7, 11) is 3.14. The minimum absolute atomic E-state index is 0.0828. The summed E-state index contributed by atoms with van der Waals surface area (Å²) in [5.74, 6) is 1.20. The van der Waals surface area contributed by atoms with E-state index in [0.717, 1.165) is 44.8 Å². The zero-order valence-electron chi connectivity index (χ0n) is 16.6. The van der Waals surface area contributed by atoms with Crippen molar-refractivity contribution in [2.75, 3.05) is 53.7 Å². The Hall–Kier alpha value is -2.09. The Morgan fingerprint density at radius 2 is 2.04 bits per heavy atom. The van der Waals surface area contributed by atoms with Gasteiger partial charge in [0.05, 0.1) is 39.6 Å². The Morgan fingerprint density at radius 3 is 2.75 bits per heavy atom. The number of rotatable bonds is 9. The van der Waals surface area contributed by atoms with Gasteiger partial charge >= 0.3 is 0 Å². The first-order valence-corrected chi connectivity index (χ1v) is 9.70. The fraction of sp³-hybridized carbons (Fsp3) is 0.571. The monoisotopic (exact) mass is 391 g/mol. The number of methoxy groups -OCH3 is 2. The van der Waals surface area contributed by atoms with Gasteiger partial charge in [0.1, 0.15) is 23.4 Å². The van der Waals surface area contributed by atoms with Crippen LogP contribution in [0.3, 0.4) is 0 Å². The molecular weight excluding hydrogens is 362 g/mol. The van der Waals surface area contributed by atoms with Crippen LogP contribution in [0.5, 0.6) is 11.5 Å². The third-order valence-corrected chi connectivity index (χ3v) is 5.27. The molecule has 0 bridgehead atoms. The fourth-order valence-corrected chi connectivity index (χ4v) is 3.58. The minimum Gasteiger partial charge on any atom is -0.509 e. The van der Waals surface area contributed by atoms with Gasteiger partial charge in [-0.25, -0.2) is 0 Å². The molecule has 1 unspecified atom stereocenters. The Kier molecular flexibility index (Phi) is 7.30. The number of hydrogen-bond acceptors (Lipinski definition) is 7. The molecule has 0 spiro atoms. The van der Waals surface area contributed by atoms with Gasteiger partial charge in [0.25, 0.3) is 0 Å². The molecule has 0 amide bonds. The second-order valence-electron chi connectivity index (χ2n) is 7.04. The molecule has 1 N–H and O–H groups in total. The fourth-order valence-electron chi connectivity index (χ4n) is 3.58. The number of Topliss-reactive ketones (excluding diaryl/α,β-unsaturated/α-hetero) is 1. The Balaban J connectivity index is 1.56. The zero-order chi connectivity index (χ0) is 19.9. The molecule has 2 aliphatic rings. The lowest BCUT2D eigenvalue weighted by molar-refractivity contribution is -0.115. The van der Waals surface area contributed by atoms with E-state index in [9.17, 15) is 9.90 Å². The standard InChI is InChI=1S/C21H29NO6/c1-25-16-6-5-15(20(13-16)26-2)12-18(23)17-14-28-19(21(17)24)4-3-7-22-8-10-27-11-9-22/h5-6,13,19,24H,3-4,7-12,14H2,1-2H3. The number of benzene rings is 1. The zero-order valence-corrected chi connectivity index (χ0v) is 16.6. The van der Waals surface area contributed by atoms with Crippen molar-refractivity contribution in [3.63, 3.8) is 0 Å². The molecule has 7 heteroatoms. The van der Waals surface area contributed by atoms with Crippen LogP contribution in [0.2, 0.25) is 0 Å². The molecule has 1 saturated heterocycles. The van der Waals surface area contributed by atoms with Crippen molar-refractivity contribution in [3.8, 4) is 11.5 Å². The summed E-state index contributed by atoms with van der Waals surface area (Å²) in [6, 6.07) is 5.35. The van der Waals surface area contributed by atoms with E-state index in [1.165, 1.54) is 0 Å². The first-order chi connectivity index (χ1) is 13.6. The number of aliphatic hydroxyl groups excluding tert-OH is 1. The van der Waals surface area contributed by atoms with Gasteiger partial charge in [-0.1, -0.05) is 6.07 Å². The summed E-state index contributed by atoms with van der Waals surface area (Å²) in [4.78, 5) is 15.1. The summed E-state index contributed by atoms with van der Waals surface area (Å²) < 4.78 is 21.6. The maximum Gasteiger partial charge on any atom is 0.169 e. The number of hydrogen-bond donors (Lipinski definition) is 1. The minimum atomic E-state index is -0.391. The highest BCUT2D eigenvalue weighted by Crippen LogP contribution is 2.28. The van der Waals surface area contributed by atoms with E-state index in [2.05, 4.69) is 4.90 Å². The Morgan fingerprint density at radius 1 is 1.25 bits per heavy atom. The predicted molar refractivity (Wildman–Crippen MR) is 104 cm³/mol. The topological polar surface area (TPSA) is 77.5 Å². The summed E-state index contributed by atoms with van der Waals surface area (Å²) in [5, 5.41) is 10.5. The molecule has 1 aromatic carbocycles. The number of carbonyl (C=O) groups excluding carboxylic acids is 1. The van der Waals surface area contributed by atoms with Gasteiger partial charge in [0.15, 0.2) is 5.78 Å². The molecule has 7 nitrogen and oxygen atoms in total. The lowest BCUT2D eigenvalue weighted by Gasteiger charge is -2.26. The number of ketones is 1. The third-order valence-electron chi connectivity index (χ3n) is 5.27. The summed E-state index contributed by atoms with van der Waals surface area (Å²) in [6.45, 7) is 4.55. The van der Waals surface area contributed by atoms with Crippen LogP contribution in [0.4, 0.5) is 0 Å². The molecule has 0 aliphatic carbocycles. The van der Waals surface area contributed by atoms with Gasteiger partial charge < -0.3 is 24.1 Å². The molecule has 28 heavy (non-hydrogen) atoms. The smallest absolute Gasteiger partial charge is 0.169 e. The van der Waals surface area contributed by atoms with Crippen molar-refractivity contribution in [2.24, 2.45) is 0 Å². The van der Waals surface area contributed by atoms with Crippen LogP contribution in [0.15, 0.2) is 29.5 Å². The van der Waals surface area contributed by atoms with Gasteiger partial charge in [-0.2, -0.15) is 0 Å². The van der Waals surface area contributed by atoms with E-state index < -0.39 is 6.10 Å². The number of carbonyl (C=O) groups is 1. The molecule has 0 saturated carbocycles. The number of nitrogens with zero attached hydrogens (tertiary/aromatic N) is 1. The molecule has 1 fully saturated rings. The molecule has 2 heterocycles. The Labute approximate surface area is 165 Å². The number of ether oxygens (including phenoxy) is 4. The van der Waals surface area contributed by atoms with Crippen molar-refractivity contribution >= 4 is 5.78 Å². The lowest BCUT2D eigenvalue weighted by atomic mass is 10.0. The van der Waals surface area contributed by atoms with E-state index in [-0.39, 0.29) is 24.6 Å². The van der Waals surface area contributed by atoms with E-state index in [0.29, 0.717) is 23.5 Å². The van der Waals surface area contributed by atoms with Gasteiger partial charge in [0.2, 0.25) is 0 Å². The van der Waals surface area contributed by atoms with E-state index in [1.807, 2.05) is 6.07 Å². The third kappa shape index (κ3) is 5.04. The van der Waals surface area contributed by atoms with Crippen molar-refractivity contribution in [1.29, 1.82) is 0 Å². The van der Waals surface area contributed by atoms with Crippen LogP contribution < -0.4 is 9.47 Å². The largest absolute Gasteiger partial charge is 0.509 e. The van der Waals surface area contributed by atoms with Crippen molar-refractivity contribution in [2.45, 2.75) is 25.4 Å². The molecule has 3 rings (SSSR count). The van der Waals surface area contributed by atoms with Crippen LogP contribution in [0, 0.1) is 0 Å². The van der Waals surface area contributed by atoms with E-state index in [1.54, 1.807) is 26.4 Å². The van der Waals surface area contributed by atoms with Crippen LogP contribution in [0.25, 0.3) is 0 Å². The highest BCUT2D eigenvalue weighted by atomic mass is 16.5. The molecule has 0 radical (unpaired) electrons. The average molecular weight is 391 g/mol. The summed E-state index contributed by atoms with van der Waals surface area (Å²) >= 11 is 0. The first kappa shape index (κ1) is 20.6. The van der Waals surface area contributed by atoms with Gasteiger partial charge in [-0.3, -0.25) is 9.69 Å². The second kappa shape index (κ2) is 9.91. The van der Waals surface area contributed by atoms with Crippen LogP contribution in [0.1, 0.15) is 18.4 Å². The second-order valence-corrected chi connectivity index (χ2v) is 7.04. The SMILES string of the molecule is COc1ccc(CC(=O)C2=C(O)C(CCCN3CCOCC3)OC2)c(OC)c1. The maximum absolute atomic E-state index is 12.7. The molecule has 154 valence electrons. The molecule has 0 aromatic heterocycles. The predicted octanol–water partition coefficient (Wildman–Crippen LogP) is 2.14. The summed E-state index contributed by atoms with van der Waals surface area (Å²) in [6.07, 6.45) is 1.36. The molecule has 1 atom stereocenters.